The maximum Gasteiger partial charge on any atom is 0.223 e. The van der Waals surface area contributed by atoms with Gasteiger partial charge in [0.1, 0.15) is 0 Å². The third kappa shape index (κ3) is 2.99. The summed E-state index contributed by atoms with van der Waals surface area (Å²) in [7, 11) is 0. The minimum absolute atomic E-state index is 0.140. The molecule has 92 valence electrons. The van der Waals surface area contributed by atoms with Crippen molar-refractivity contribution < 1.29 is 4.79 Å². The van der Waals surface area contributed by atoms with Gasteiger partial charge < -0.3 is 4.90 Å². The van der Waals surface area contributed by atoms with Gasteiger partial charge in [0.15, 0.2) is 0 Å². The number of benzene rings is 1. The normalized spacial score (nSPS) is 14.6. The van der Waals surface area contributed by atoms with Crippen molar-refractivity contribution in [3.63, 3.8) is 0 Å². The highest BCUT2D eigenvalue weighted by atomic mass is 32.2. The van der Waals surface area contributed by atoms with Crippen molar-refractivity contribution in [2.75, 3.05) is 23.0 Å². The zero-order valence-electron chi connectivity index (χ0n) is 9.98. The average Bonchev–Trinajstić information content (AvgIpc) is 2.35. The first-order valence-electron chi connectivity index (χ1n) is 5.87. The van der Waals surface area contributed by atoms with Crippen molar-refractivity contribution in [3.05, 3.63) is 23.8 Å². The van der Waals surface area contributed by atoms with Crippen LogP contribution >= 0.6 is 24.4 Å². The number of carbonyl (C=O) groups excluding carboxylic acids is 1. The molecule has 4 heteroatoms. The molecule has 0 saturated carbocycles. The molecule has 1 aliphatic heterocycles. The fourth-order valence-electron chi connectivity index (χ4n) is 2.15. The van der Waals surface area contributed by atoms with Gasteiger partial charge in [-0.1, -0.05) is 0 Å². The van der Waals surface area contributed by atoms with E-state index in [1.165, 1.54) is 10.5 Å². The molecule has 0 aliphatic carbocycles. The van der Waals surface area contributed by atoms with Crippen LogP contribution in [0.4, 0.5) is 5.69 Å². The molecule has 2 nitrogen and oxygen atoms in total. The van der Waals surface area contributed by atoms with Crippen molar-refractivity contribution >= 4 is 36.0 Å². The molecule has 0 bridgehead atoms. The van der Waals surface area contributed by atoms with E-state index >= 15 is 0 Å². The van der Waals surface area contributed by atoms with Crippen molar-refractivity contribution in [2.24, 2.45) is 0 Å². The van der Waals surface area contributed by atoms with Gasteiger partial charge in [0.05, 0.1) is 0 Å². The summed E-state index contributed by atoms with van der Waals surface area (Å²) in [6, 6.07) is 6.41. The first kappa shape index (κ1) is 12.8. The number of thioether (sulfide) groups is 1. The average molecular weight is 267 g/mol. The second kappa shape index (κ2) is 5.83. The van der Waals surface area contributed by atoms with Crippen LogP contribution in [0.2, 0.25) is 0 Å². The Hall–Kier alpha value is -0.610. The van der Waals surface area contributed by atoms with E-state index in [-0.39, 0.29) is 5.91 Å². The molecule has 1 aromatic rings. The Morgan fingerprint density at radius 3 is 3.06 bits per heavy atom. The molecule has 1 aliphatic rings. The highest BCUT2D eigenvalue weighted by Gasteiger charge is 2.19. The predicted molar refractivity (Wildman–Crippen MR) is 77.4 cm³/mol. The minimum atomic E-state index is 0.140. The predicted octanol–water partition coefficient (Wildman–Crippen LogP) is 3.01. The third-order valence-corrected chi connectivity index (χ3v) is 4.43. The Balaban J connectivity index is 2.23. The second-order valence-electron chi connectivity index (χ2n) is 4.14. The smallest absolute Gasteiger partial charge is 0.223 e. The zero-order chi connectivity index (χ0) is 12.3. The van der Waals surface area contributed by atoms with E-state index in [9.17, 15) is 4.79 Å². The van der Waals surface area contributed by atoms with Crippen LogP contribution in [-0.4, -0.2) is 24.0 Å². The van der Waals surface area contributed by atoms with Crippen LogP contribution in [0, 0.1) is 0 Å². The van der Waals surface area contributed by atoms with Crippen LogP contribution in [0.3, 0.4) is 0 Å². The van der Waals surface area contributed by atoms with Gasteiger partial charge in [-0.2, -0.15) is 12.6 Å². The van der Waals surface area contributed by atoms with Gasteiger partial charge in [-0.25, -0.2) is 0 Å². The van der Waals surface area contributed by atoms with Crippen LogP contribution in [0.25, 0.3) is 0 Å². The maximum absolute atomic E-state index is 11.5. The Bertz CT molecular complexity index is 420. The number of nitrogens with zero attached hydrogens (tertiary/aromatic N) is 1. The summed E-state index contributed by atoms with van der Waals surface area (Å²) < 4.78 is 0. The number of aryl methyl sites for hydroxylation is 1. The molecule has 0 spiro atoms. The second-order valence-corrected chi connectivity index (χ2v) is 5.75. The van der Waals surface area contributed by atoms with E-state index in [2.05, 4.69) is 30.8 Å². The summed E-state index contributed by atoms with van der Waals surface area (Å²) in [5, 5.41) is 0. The highest BCUT2D eigenvalue weighted by molar-refractivity contribution is 8.00. The van der Waals surface area contributed by atoms with Crippen LogP contribution in [0.5, 0.6) is 0 Å². The molecule has 0 saturated heterocycles. The molecule has 0 fully saturated rings. The number of hydrogen-bond donors (Lipinski definition) is 1. The minimum Gasteiger partial charge on any atom is -0.312 e. The van der Waals surface area contributed by atoms with E-state index in [1.54, 1.807) is 6.92 Å². The van der Waals surface area contributed by atoms with Crippen molar-refractivity contribution in [1.29, 1.82) is 0 Å². The number of rotatable bonds is 3. The summed E-state index contributed by atoms with van der Waals surface area (Å²) >= 11 is 6.04. The summed E-state index contributed by atoms with van der Waals surface area (Å²) in [6.45, 7) is 2.49. The van der Waals surface area contributed by atoms with Gasteiger partial charge in [0.2, 0.25) is 5.91 Å². The molecule has 2 rings (SSSR count). The molecular formula is C13H17NOS2. The molecule has 1 amide bonds. The highest BCUT2D eigenvalue weighted by Crippen LogP contribution is 2.31. The molecule has 17 heavy (non-hydrogen) atoms. The largest absolute Gasteiger partial charge is 0.312 e. The van der Waals surface area contributed by atoms with Gasteiger partial charge in [-0.05, 0) is 42.4 Å². The fraction of sp³-hybridized carbons (Fsp3) is 0.462. The lowest BCUT2D eigenvalue weighted by Gasteiger charge is -2.28. The first-order chi connectivity index (χ1) is 8.22. The third-order valence-electron chi connectivity index (χ3n) is 2.91. The quantitative estimate of drug-likeness (QED) is 0.671. The summed E-state index contributed by atoms with van der Waals surface area (Å²) in [4.78, 5) is 14.7. The fourth-order valence-corrected chi connectivity index (χ4v) is 3.14. The number of fused-ring (bicyclic) bond motifs is 1. The molecule has 0 radical (unpaired) electrons. The first-order valence-corrected chi connectivity index (χ1v) is 7.49. The monoisotopic (exact) mass is 267 g/mol. The van der Waals surface area contributed by atoms with E-state index < -0.39 is 0 Å². The number of carbonyl (C=O) groups is 1. The topological polar surface area (TPSA) is 20.3 Å². The number of hydrogen-bond acceptors (Lipinski definition) is 3. The van der Waals surface area contributed by atoms with Gasteiger partial charge in [0, 0.05) is 29.8 Å². The lowest BCUT2D eigenvalue weighted by molar-refractivity contribution is -0.116. The summed E-state index contributed by atoms with van der Waals surface area (Å²) in [5.41, 5.74) is 2.40. The van der Waals surface area contributed by atoms with Crippen LogP contribution in [0.1, 0.15) is 18.9 Å². The van der Waals surface area contributed by atoms with Gasteiger partial charge in [-0.15, -0.1) is 11.8 Å². The Morgan fingerprint density at radius 1 is 1.53 bits per heavy atom. The van der Waals surface area contributed by atoms with Crippen LogP contribution in [-0.2, 0) is 11.2 Å². The van der Waals surface area contributed by atoms with Crippen molar-refractivity contribution in [2.45, 2.75) is 24.7 Å². The molecule has 0 N–H and O–H groups in total. The number of anilines is 1. The van der Waals surface area contributed by atoms with E-state index in [4.69, 9.17) is 0 Å². The molecule has 1 heterocycles. The number of thiol groups is 1. The number of amides is 1. The van der Waals surface area contributed by atoms with Gasteiger partial charge in [-0.3, -0.25) is 4.79 Å². The van der Waals surface area contributed by atoms with Gasteiger partial charge >= 0.3 is 0 Å². The zero-order valence-corrected chi connectivity index (χ0v) is 11.7. The summed E-state index contributed by atoms with van der Waals surface area (Å²) in [5.74, 6) is 2.06. The molecule has 0 atom stereocenters. The molecule has 0 aromatic heterocycles. The Morgan fingerprint density at radius 2 is 2.35 bits per heavy atom. The Labute approximate surface area is 112 Å². The standard InChI is InChI=1S/C13H17NOS2/c1-10(15)14-6-2-3-11-9-12(17-8-7-16)4-5-13(11)14/h4-5,9,16H,2-3,6-8H2,1H3. The van der Waals surface area contributed by atoms with Crippen molar-refractivity contribution in [3.8, 4) is 0 Å². The van der Waals surface area contributed by atoms with E-state index in [0.717, 1.165) is 36.6 Å². The van der Waals surface area contributed by atoms with Crippen LogP contribution < -0.4 is 4.90 Å². The molecular weight excluding hydrogens is 250 g/mol. The molecule has 0 unspecified atom stereocenters. The van der Waals surface area contributed by atoms with E-state index in [0.29, 0.717) is 0 Å². The van der Waals surface area contributed by atoms with Crippen LogP contribution in [0.15, 0.2) is 23.1 Å². The van der Waals surface area contributed by atoms with Gasteiger partial charge in [0.25, 0.3) is 0 Å². The SMILES string of the molecule is CC(=O)N1CCCc2cc(SCCS)ccc21. The summed E-state index contributed by atoms with van der Waals surface area (Å²) in [6.07, 6.45) is 2.14. The lowest BCUT2D eigenvalue weighted by atomic mass is 10.0. The van der Waals surface area contributed by atoms with Crippen molar-refractivity contribution in [1.82, 2.24) is 0 Å². The maximum atomic E-state index is 11.5. The van der Waals surface area contributed by atoms with E-state index in [1.807, 2.05) is 16.7 Å². The molecule has 1 aromatic carbocycles. The Kier molecular flexibility index (Phi) is 4.40. The lowest BCUT2D eigenvalue weighted by Crippen LogP contribution is -2.33.